The summed E-state index contributed by atoms with van der Waals surface area (Å²) in [5.74, 6) is 1.51. The van der Waals surface area contributed by atoms with Gasteiger partial charge < -0.3 is 9.47 Å². The third-order valence-electron chi connectivity index (χ3n) is 6.73. The van der Waals surface area contributed by atoms with Crippen LogP contribution < -0.4 is 9.47 Å². The molecular formula is C29H27ClN2O3. The highest BCUT2D eigenvalue weighted by molar-refractivity contribution is 6.33. The number of ether oxygens (including phenoxy) is 2. The van der Waals surface area contributed by atoms with Gasteiger partial charge in [0.1, 0.15) is 11.5 Å². The number of fused-ring (bicyclic) bond motifs is 1. The molecule has 5 rings (SSSR count). The summed E-state index contributed by atoms with van der Waals surface area (Å²) in [7, 11) is 3.31. The van der Waals surface area contributed by atoms with Crippen LogP contribution in [0, 0.1) is 5.92 Å². The fourth-order valence-electron chi connectivity index (χ4n) is 4.96. The lowest BCUT2D eigenvalue weighted by atomic mass is 9.77. The number of carbonyl (C=O) groups excluding carboxylic acids is 1. The minimum absolute atomic E-state index is 0.105. The molecule has 0 radical (unpaired) electrons. The van der Waals surface area contributed by atoms with E-state index >= 15 is 0 Å². The van der Waals surface area contributed by atoms with E-state index in [9.17, 15) is 4.79 Å². The van der Waals surface area contributed by atoms with Gasteiger partial charge in [0.05, 0.1) is 36.6 Å². The summed E-state index contributed by atoms with van der Waals surface area (Å²) in [6.07, 6.45) is 5.10. The Morgan fingerprint density at radius 1 is 0.971 bits per heavy atom. The fraction of sp³-hybridized carbons (Fsp3) is 0.241. The highest BCUT2D eigenvalue weighted by Crippen LogP contribution is 2.45. The highest BCUT2D eigenvalue weighted by Gasteiger charge is 2.44. The van der Waals surface area contributed by atoms with Crippen LogP contribution in [0.5, 0.6) is 11.5 Å². The van der Waals surface area contributed by atoms with Crippen molar-refractivity contribution in [1.29, 1.82) is 0 Å². The van der Waals surface area contributed by atoms with Gasteiger partial charge in [-0.1, -0.05) is 48.0 Å². The van der Waals surface area contributed by atoms with Gasteiger partial charge in [-0.2, -0.15) is 5.10 Å². The molecule has 6 heteroatoms. The van der Waals surface area contributed by atoms with E-state index in [4.69, 9.17) is 26.2 Å². The first-order valence-electron chi connectivity index (χ1n) is 11.7. The molecule has 1 aliphatic carbocycles. The summed E-state index contributed by atoms with van der Waals surface area (Å²) in [4.78, 5) is 13.7. The predicted molar refractivity (Wildman–Crippen MR) is 139 cm³/mol. The molecule has 0 spiro atoms. The first kappa shape index (κ1) is 23.2. The molecule has 1 aliphatic heterocycles. The van der Waals surface area contributed by atoms with Crippen LogP contribution in [0.3, 0.4) is 0 Å². The molecule has 1 heterocycles. The van der Waals surface area contributed by atoms with Crippen LogP contribution in [-0.2, 0) is 0 Å². The number of allylic oxidation sites excluding steroid dienone is 1. The van der Waals surface area contributed by atoms with Crippen molar-refractivity contribution < 1.29 is 14.3 Å². The fourth-order valence-corrected chi connectivity index (χ4v) is 5.18. The Hall–Kier alpha value is -3.57. The van der Waals surface area contributed by atoms with Crippen LogP contribution in [-0.4, -0.2) is 30.8 Å². The lowest BCUT2D eigenvalue weighted by Crippen LogP contribution is -2.32. The van der Waals surface area contributed by atoms with Crippen LogP contribution >= 0.6 is 11.6 Å². The third-order valence-corrected chi connectivity index (χ3v) is 7.06. The number of hydrazone groups is 1. The molecule has 0 bridgehead atoms. The molecule has 3 aromatic carbocycles. The number of carbonyl (C=O) groups is 1. The monoisotopic (exact) mass is 486 g/mol. The molecule has 2 atom stereocenters. The van der Waals surface area contributed by atoms with E-state index in [1.165, 1.54) is 5.57 Å². The standard InChI is InChI=1S/C29H27ClN2O3/c1-34-22-14-10-19(11-15-22)18-21-6-5-8-25-27(21)31-32(29(33)24-7-3-4-9-26(24)30)28(25)20-12-16-23(35-2)17-13-20/h3-4,7,9-18,25,28H,5-6,8H2,1-2H3/b21-18+. The van der Waals surface area contributed by atoms with Crippen molar-refractivity contribution >= 4 is 29.3 Å². The molecule has 2 unspecified atom stereocenters. The second-order valence-corrected chi connectivity index (χ2v) is 9.18. The van der Waals surface area contributed by atoms with Crippen LogP contribution in [0.15, 0.2) is 83.5 Å². The van der Waals surface area contributed by atoms with Crippen molar-refractivity contribution in [1.82, 2.24) is 5.01 Å². The number of nitrogens with zero attached hydrogens (tertiary/aromatic N) is 2. The lowest BCUT2D eigenvalue weighted by Gasteiger charge is -2.30. The van der Waals surface area contributed by atoms with Crippen LogP contribution in [0.2, 0.25) is 5.02 Å². The van der Waals surface area contributed by atoms with E-state index in [0.717, 1.165) is 47.6 Å². The van der Waals surface area contributed by atoms with Gasteiger partial charge in [0.15, 0.2) is 0 Å². The second kappa shape index (κ2) is 9.96. The van der Waals surface area contributed by atoms with Gasteiger partial charge in [-0.3, -0.25) is 4.79 Å². The zero-order chi connectivity index (χ0) is 24.4. The molecule has 0 N–H and O–H groups in total. The molecule has 2 aliphatic rings. The maximum Gasteiger partial charge on any atom is 0.276 e. The first-order chi connectivity index (χ1) is 17.1. The Kier molecular flexibility index (Phi) is 6.60. The number of rotatable bonds is 5. The molecule has 1 fully saturated rings. The Balaban J connectivity index is 1.56. The second-order valence-electron chi connectivity index (χ2n) is 8.77. The van der Waals surface area contributed by atoms with Gasteiger partial charge >= 0.3 is 0 Å². The lowest BCUT2D eigenvalue weighted by molar-refractivity contribution is 0.0681. The third kappa shape index (κ3) is 4.56. The number of methoxy groups -OCH3 is 2. The number of amides is 1. The van der Waals surface area contributed by atoms with E-state index < -0.39 is 0 Å². The summed E-state index contributed by atoms with van der Waals surface area (Å²) in [6, 6.07) is 22.8. The van der Waals surface area contributed by atoms with Gasteiger partial charge in [0, 0.05) is 5.92 Å². The van der Waals surface area contributed by atoms with Crippen LogP contribution in [0.4, 0.5) is 0 Å². The van der Waals surface area contributed by atoms with Crippen LogP contribution in [0.1, 0.15) is 46.8 Å². The van der Waals surface area contributed by atoms with E-state index in [2.05, 4.69) is 6.08 Å². The van der Waals surface area contributed by atoms with Gasteiger partial charge in [0.2, 0.25) is 0 Å². The van der Waals surface area contributed by atoms with Gasteiger partial charge in [-0.15, -0.1) is 0 Å². The molecule has 1 amide bonds. The van der Waals surface area contributed by atoms with E-state index in [0.29, 0.717) is 10.6 Å². The van der Waals surface area contributed by atoms with E-state index in [1.807, 2.05) is 60.7 Å². The van der Waals surface area contributed by atoms with Crippen molar-refractivity contribution in [3.63, 3.8) is 0 Å². The molecule has 3 aromatic rings. The number of hydrogen-bond acceptors (Lipinski definition) is 4. The minimum atomic E-state index is -0.209. The zero-order valence-electron chi connectivity index (χ0n) is 19.8. The zero-order valence-corrected chi connectivity index (χ0v) is 20.5. The van der Waals surface area contributed by atoms with Gasteiger partial charge in [0.25, 0.3) is 5.91 Å². The minimum Gasteiger partial charge on any atom is -0.497 e. The Morgan fingerprint density at radius 2 is 1.63 bits per heavy atom. The molecule has 35 heavy (non-hydrogen) atoms. The van der Waals surface area contributed by atoms with Gasteiger partial charge in [-0.05, 0) is 78.4 Å². The normalized spacial score (nSPS) is 20.4. The maximum atomic E-state index is 13.7. The summed E-state index contributed by atoms with van der Waals surface area (Å²) in [5, 5.41) is 7.02. The number of hydrogen-bond donors (Lipinski definition) is 0. The van der Waals surface area contributed by atoms with Crippen molar-refractivity contribution in [2.45, 2.75) is 25.3 Å². The average Bonchev–Trinajstić information content (AvgIpc) is 3.30. The summed E-state index contributed by atoms with van der Waals surface area (Å²) >= 11 is 6.41. The Morgan fingerprint density at radius 3 is 2.29 bits per heavy atom. The van der Waals surface area contributed by atoms with Crippen molar-refractivity contribution in [2.75, 3.05) is 14.2 Å². The summed E-state index contributed by atoms with van der Waals surface area (Å²) in [5.41, 5.74) is 4.71. The van der Waals surface area contributed by atoms with E-state index in [-0.39, 0.29) is 17.9 Å². The summed E-state index contributed by atoms with van der Waals surface area (Å²) < 4.78 is 10.6. The molecule has 5 nitrogen and oxygen atoms in total. The van der Waals surface area contributed by atoms with Crippen LogP contribution in [0.25, 0.3) is 6.08 Å². The van der Waals surface area contributed by atoms with Gasteiger partial charge in [-0.25, -0.2) is 5.01 Å². The highest BCUT2D eigenvalue weighted by atomic mass is 35.5. The molecule has 178 valence electrons. The molecular weight excluding hydrogens is 460 g/mol. The Labute approximate surface area is 210 Å². The van der Waals surface area contributed by atoms with Crippen molar-refractivity contribution in [3.8, 4) is 11.5 Å². The van der Waals surface area contributed by atoms with E-state index in [1.54, 1.807) is 31.4 Å². The number of halogens is 1. The Bertz CT molecular complexity index is 1280. The SMILES string of the molecule is COc1ccc(/C=C2\CCCC3C2=NN(C(=O)c2ccccc2Cl)C3c2ccc(OC)cc2)cc1. The number of benzene rings is 3. The van der Waals surface area contributed by atoms with Crippen molar-refractivity contribution in [3.05, 3.63) is 100 Å². The predicted octanol–water partition coefficient (Wildman–Crippen LogP) is 6.79. The molecule has 0 saturated heterocycles. The smallest absolute Gasteiger partial charge is 0.276 e. The average molecular weight is 487 g/mol. The largest absolute Gasteiger partial charge is 0.497 e. The molecule has 1 saturated carbocycles. The topological polar surface area (TPSA) is 51.1 Å². The van der Waals surface area contributed by atoms with Crippen molar-refractivity contribution in [2.24, 2.45) is 11.0 Å². The quantitative estimate of drug-likeness (QED) is 0.398. The summed E-state index contributed by atoms with van der Waals surface area (Å²) in [6.45, 7) is 0. The molecule has 0 aromatic heterocycles. The maximum absolute atomic E-state index is 13.7. The first-order valence-corrected chi connectivity index (χ1v) is 12.1.